The molecule has 0 aliphatic heterocycles. The molecule has 0 bridgehead atoms. The quantitative estimate of drug-likeness (QED) is 0.00942. The normalized spacial score (nSPS) is 13.5. The Morgan fingerprint density at radius 3 is 1.08 bits per heavy atom. The van der Waals surface area contributed by atoms with Crippen molar-refractivity contribution in [1.29, 1.82) is 0 Å². The zero-order valence-corrected chi connectivity index (χ0v) is 81.9. The first-order valence-electron chi connectivity index (χ1n) is 47.4. The minimum Gasteiger partial charge on any atom is -0.480 e. The molecular weight excluding hydrogens is 1880 g/mol. The highest BCUT2D eigenvalue weighted by molar-refractivity contribution is 7.80. The molecule has 0 spiro atoms. The number of rotatable bonds is 60. The first kappa shape index (κ1) is 112. The molecule has 0 saturated carbocycles. The van der Waals surface area contributed by atoms with E-state index in [4.69, 9.17) is 29.4 Å². The van der Waals surface area contributed by atoms with Gasteiger partial charge in [0.15, 0.2) is 6.04 Å². The van der Waals surface area contributed by atoms with Gasteiger partial charge in [0.25, 0.3) is 0 Å². The van der Waals surface area contributed by atoms with E-state index in [0.29, 0.717) is 73.0 Å². The van der Waals surface area contributed by atoms with E-state index in [2.05, 4.69) is 72.8 Å². The van der Waals surface area contributed by atoms with Crippen molar-refractivity contribution in [3.8, 4) is 0 Å². The van der Waals surface area contributed by atoms with E-state index < -0.39 is 182 Å². The molecule has 9 aromatic carbocycles. The van der Waals surface area contributed by atoms with Crippen molar-refractivity contribution in [2.24, 2.45) is 5.73 Å². The number of nitrogens with one attached hydrogen (secondary N) is 9. The Balaban J connectivity index is 0.891. The molecule has 1 aromatic heterocycles. The monoisotopic (exact) mass is 2010 g/mol. The van der Waals surface area contributed by atoms with E-state index in [0.717, 1.165) is 6.92 Å². The molecule has 8 amide bonds. The molecule has 0 fully saturated rings. The predicted octanol–water partition coefficient (Wildman–Crippen LogP) is 5.69. The number of aliphatic hydroxyl groups excluding tert-OH is 2. The number of aliphatic hydroxyl groups is 2. The van der Waals surface area contributed by atoms with Gasteiger partial charge in [0.1, 0.15) is 81.4 Å². The van der Waals surface area contributed by atoms with Gasteiger partial charge in [-0.25, -0.2) is 4.79 Å². The summed E-state index contributed by atoms with van der Waals surface area (Å²) in [4.78, 5) is 208. The summed E-state index contributed by atoms with van der Waals surface area (Å²) in [6.07, 6.45) is -1.98. The molecule has 10 aromatic rings. The van der Waals surface area contributed by atoms with Crippen LogP contribution in [0.5, 0.6) is 0 Å². The number of nitrogens with two attached hydrogens (primary N) is 1. The van der Waals surface area contributed by atoms with Gasteiger partial charge in [0.05, 0.1) is 44.8 Å². The van der Waals surface area contributed by atoms with E-state index >= 15 is 19.2 Å². The van der Waals surface area contributed by atoms with Crippen LogP contribution in [0.3, 0.4) is 0 Å². The van der Waals surface area contributed by atoms with Crippen molar-refractivity contribution < 1.29 is 106 Å². The average Bonchev–Trinajstić information content (AvgIpc) is 1.64. The molecule has 0 saturated heterocycles. The molecule has 144 heavy (non-hydrogen) atoms. The Kier molecular flexibility index (Phi) is 46.1. The standard InChI is InChI=1S/C107H125N13O22S2/c1-71(121)97(105(134)115-90(70-144)104(133)117-98(72(2)122)106(135)136)116-99(128)85(44-26-27-49-108)111-102(131)88(58-82-59-109-84-43-25-24-42-83(82)84)113-101(130)87(55-74-30-12-4-13-31-74)112-103(132)89(69-143)114-100(129)86(54-73-28-10-3-11-29-73)110-92(123)57-76-47-45-75(46-48-76)56-91(107(137)142-68-81-40-22-9-23-41-81)120(52-50-118(60-93(124)138-64-77-32-14-5-15-33-77)61-94(125)139-65-78-34-16-6-17-35-78)53-51-119(62-95(126)140-66-79-36-18-7-19-37-79)63-96(127)141-67-80-38-20-8-21-39-80/h3-25,28-43,45-48,59,71-72,85-91,97-98,109,121-122,143-144H,26-27,44,49-58,60-70,108H2,1-2H3,(H,110,123)(H,111,131)(H,112,132)(H,113,130)(H,114,129)(H,115,134)(H,116,128)(H,117,133)(H,135,136)/t71-,72-,85+,86-,87+,88-,89+,90+,91?,97+,98+/m1/s1. The number of H-pyrrole nitrogens is 1. The fourth-order valence-corrected chi connectivity index (χ4v) is 16.1. The van der Waals surface area contributed by atoms with E-state index in [1.807, 2.05) is 30.3 Å². The number of benzene rings is 9. The molecule has 14 N–H and O–H groups in total. The number of carboxylic acids is 1. The van der Waals surface area contributed by atoms with Crippen LogP contribution >= 0.6 is 25.3 Å². The van der Waals surface area contributed by atoms with Crippen LogP contribution in [0.25, 0.3) is 10.9 Å². The third-order valence-corrected chi connectivity index (χ3v) is 24.2. The van der Waals surface area contributed by atoms with Crippen LogP contribution in [0.1, 0.15) is 88.7 Å². The number of nitrogens with zero attached hydrogens (tertiary/aromatic N) is 3. The number of aliphatic carboxylic acids is 1. The maximum absolute atomic E-state index is 15.4. The van der Waals surface area contributed by atoms with Gasteiger partial charge < -0.3 is 92.3 Å². The zero-order valence-electron chi connectivity index (χ0n) is 80.1. The molecule has 1 unspecified atom stereocenters. The number of ether oxygens (including phenoxy) is 5. The highest BCUT2D eigenvalue weighted by atomic mass is 32.1. The van der Waals surface area contributed by atoms with E-state index in [1.54, 1.807) is 242 Å². The lowest BCUT2D eigenvalue weighted by molar-refractivity contribution is -0.154. The van der Waals surface area contributed by atoms with Crippen molar-refractivity contribution in [3.05, 3.63) is 323 Å². The summed E-state index contributed by atoms with van der Waals surface area (Å²) in [5.41, 5.74) is 12.8. The maximum atomic E-state index is 15.4. The highest BCUT2D eigenvalue weighted by Crippen LogP contribution is 2.23. The predicted molar refractivity (Wildman–Crippen MR) is 543 cm³/mol. The van der Waals surface area contributed by atoms with E-state index in [1.165, 1.54) is 16.7 Å². The lowest BCUT2D eigenvalue weighted by atomic mass is 10.0. The number of aromatic amines is 1. The molecule has 0 aliphatic rings. The van der Waals surface area contributed by atoms with Crippen LogP contribution in [-0.4, -0.2) is 255 Å². The summed E-state index contributed by atoms with van der Waals surface area (Å²) >= 11 is 8.67. The van der Waals surface area contributed by atoms with Gasteiger partial charge >= 0.3 is 35.8 Å². The number of carbonyl (C=O) groups is 14. The van der Waals surface area contributed by atoms with Crippen LogP contribution in [0, 0.1) is 0 Å². The van der Waals surface area contributed by atoms with Crippen LogP contribution in [0.2, 0.25) is 0 Å². The van der Waals surface area contributed by atoms with Crippen molar-refractivity contribution in [3.63, 3.8) is 0 Å². The summed E-state index contributed by atoms with van der Waals surface area (Å²) in [5.74, 6) is -13.1. The number of fused-ring (bicyclic) bond motifs is 1. The number of thiol groups is 2. The maximum Gasteiger partial charge on any atom is 0.328 e. The van der Waals surface area contributed by atoms with Gasteiger partial charge in [0, 0.05) is 74.0 Å². The molecule has 1 heterocycles. The fourth-order valence-electron chi connectivity index (χ4n) is 15.5. The van der Waals surface area contributed by atoms with Crippen LogP contribution in [-0.2, 0) is 156 Å². The van der Waals surface area contributed by atoms with Gasteiger partial charge in [-0.2, -0.15) is 25.3 Å². The van der Waals surface area contributed by atoms with Crippen LogP contribution in [0.4, 0.5) is 0 Å². The summed E-state index contributed by atoms with van der Waals surface area (Å²) in [6, 6.07) is 62.6. The summed E-state index contributed by atoms with van der Waals surface area (Å²) in [6.45, 7) is 0.101. The van der Waals surface area contributed by atoms with Crippen molar-refractivity contribution in [2.75, 3.05) is 70.4 Å². The summed E-state index contributed by atoms with van der Waals surface area (Å²) in [7, 11) is 0. The smallest absolute Gasteiger partial charge is 0.328 e. The molecule has 37 heteroatoms. The van der Waals surface area contributed by atoms with Gasteiger partial charge in [-0.15, -0.1) is 0 Å². The molecule has 11 atom stereocenters. The number of carbonyl (C=O) groups excluding carboxylic acids is 13. The lowest BCUT2D eigenvalue weighted by Crippen LogP contribution is -2.62. The van der Waals surface area contributed by atoms with Crippen LogP contribution in [0.15, 0.2) is 267 Å². The van der Waals surface area contributed by atoms with Gasteiger partial charge in [-0.3, -0.25) is 77.0 Å². The summed E-state index contributed by atoms with van der Waals surface area (Å²) in [5, 5.41) is 52.1. The first-order chi connectivity index (χ1) is 69.6. The number of unbranched alkanes of at least 4 members (excludes halogenated alkanes) is 1. The summed E-state index contributed by atoms with van der Waals surface area (Å²) < 4.78 is 29.2. The fraction of sp³-hybridized carbons (Fsp3) is 0.346. The Morgan fingerprint density at radius 2 is 0.674 bits per heavy atom. The molecule has 0 aliphatic carbocycles. The zero-order chi connectivity index (χ0) is 103. The minimum atomic E-state index is -1.80. The number of hydrogen-bond acceptors (Lipinski definition) is 27. The first-order valence-corrected chi connectivity index (χ1v) is 48.6. The number of carboxylic acid groups (broad SMARTS) is 1. The Bertz CT molecular complexity index is 5560. The van der Waals surface area contributed by atoms with Gasteiger partial charge in [0.2, 0.25) is 47.3 Å². The highest BCUT2D eigenvalue weighted by Gasteiger charge is 2.39. The third-order valence-electron chi connectivity index (χ3n) is 23.4. The minimum absolute atomic E-state index is 0.0695. The molecular formula is C107H125N13O22S2. The van der Waals surface area contributed by atoms with Crippen molar-refractivity contribution >= 4 is 119 Å². The second-order valence-electron chi connectivity index (χ2n) is 34.7. The SMILES string of the molecule is C[C@@H](O)[C@H](NC(=O)[C@H](CS)NC(=O)[C@@H](NC(=O)[C@H](CCCCN)NC(=O)[C@@H](Cc1c[nH]c2ccccc12)NC(=O)[C@H](Cc1ccccc1)NC(=O)[C@H](CS)NC(=O)[C@@H](Cc1ccccc1)NC(=O)Cc1ccc(CC(C(=O)OCc2ccccc2)N(CCN(CC(=O)OCc2ccccc2)CC(=O)OCc2ccccc2)CCN(CC(=O)OCc2ccccc2)CC(=O)OCc2ccccc2)cc1)[C@@H](C)O)C(=O)O. The average molecular weight is 2010 g/mol. The van der Waals surface area contributed by atoms with Gasteiger partial charge in [-0.05, 0) is 108 Å². The Labute approximate surface area is 846 Å². The van der Waals surface area contributed by atoms with Crippen molar-refractivity contribution in [1.82, 2.24) is 62.2 Å². The third kappa shape index (κ3) is 38.1. The molecule has 35 nitrogen and oxygen atoms in total. The Hall–Kier alpha value is -14.4. The van der Waals surface area contributed by atoms with Crippen molar-refractivity contribution in [2.45, 2.75) is 165 Å². The topological polar surface area (TPSA) is 494 Å². The van der Waals surface area contributed by atoms with Crippen LogP contribution < -0.4 is 48.3 Å². The number of hydrogen-bond donors (Lipinski definition) is 15. The second-order valence-corrected chi connectivity index (χ2v) is 35.4. The molecule has 762 valence electrons. The second kappa shape index (κ2) is 59.5. The number of para-hydroxylation sites is 1. The van der Waals surface area contributed by atoms with E-state index in [-0.39, 0.29) is 116 Å². The number of esters is 5. The largest absolute Gasteiger partial charge is 0.480 e. The molecule has 10 rings (SSSR count). The lowest BCUT2D eigenvalue weighted by Gasteiger charge is -2.34. The van der Waals surface area contributed by atoms with E-state index in [9.17, 15) is 63.3 Å². The number of amides is 8. The van der Waals surface area contributed by atoms with Gasteiger partial charge in [-0.1, -0.05) is 255 Å². The number of aromatic nitrogens is 1. The Morgan fingerprint density at radius 1 is 0.347 bits per heavy atom. The molecule has 0 radical (unpaired) electrons.